The van der Waals surface area contributed by atoms with Crippen LogP contribution in [0.25, 0.3) is 16.3 Å². The molecule has 0 unspecified atom stereocenters. The van der Waals surface area contributed by atoms with Gasteiger partial charge in [0.05, 0.1) is 9.88 Å². The molecule has 0 amide bonds. The SMILES string of the molecule is Cc1ncc(-c2cn3c(=O)c4c([nH]c3n2)CCCC42CCNCC2)s1. The summed E-state index contributed by atoms with van der Waals surface area (Å²) in [6, 6.07) is 0. The zero-order valence-corrected chi connectivity index (χ0v) is 15.1. The molecule has 7 heteroatoms. The molecule has 0 saturated carbocycles. The molecule has 0 aromatic carbocycles. The highest BCUT2D eigenvalue weighted by atomic mass is 32.1. The fraction of sp³-hybridized carbons (Fsp3) is 0.500. The van der Waals surface area contributed by atoms with Gasteiger partial charge in [-0.05, 0) is 52.1 Å². The van der Waals surface area contributed by atoms with Crippen LogP contribution in [0.15, 0.2) is 17.2 Å². The van der Waals surface area contributed by atoms with Gasteiger partial charge < -0.3 is 10.3 Å². The summed E-state index contributed by atoms with van der Waals surface area (Å²) in [5, 5.41) is 4.44. The number of thiazole rings is 1. The van der Waals surface area contributed by atoms with Crippen molar-refractivity contribution in [2.45, 2.75) is 44.4 Å². The first-order chi connectivity index (χ1) is 12.2. The minimum atomic E-state index is 0.0338. The first-order valence-corrected chi connectivity index (χ1v) is 9.76. The van der Waals surface area contributed by atoms with Crippen LogP contribution in [-0.4, -0.2) is 32.4 Å². The Labute approximate surface area is 149 Å². The number of aromatic nitrogens is 4. The van der Waals surface area contributed by atoms with Crippen LogP contribution in [-0.2, 0) is 11.8 Å². The second-order valence-corrected chi connectivity index (χ2v) is 8.47. The van der Waals surface area contributed by atoms with Crippen molar-refractivity contribution in [3.63, 3.8) is 0 Å². The topological polar surface area (TPSA) is 75.1 Å². The second kappa shape index (κ2) is 5.51. The van der Waals surface area contributed by atoms with Crippen molar-refractivity contribution < 1.29 is 0 Å². The normalized spacial score (nSPS) is 19.4. The van der Waals surface area contributed by atoms with E-state index in [1.807, 2.05) is 19.3 Å². The maximum Gasteiger partial charge on any atom is 0.263 e. The number of hydrogen-bond donors (Lipinski definition) is 2. The Kier molecular flexibility index (Phi) is 3.36. The van der Waals surface area contributed by atoms with E-state index in [9.17, 15) is 4.79 Å². The molecule has 1 fully saturated rings. The molecule has 2 aliphatic rings. The van der Waals surface area contributed by atoms with Crippen molar-refractivity contribution >= 4 is 17.1 Å². The number of fused-ring (bicyclic) bond motifs is 3. The van der Waals surface area contributed by atoms with Crippen molar-refractivity contribution in [1.29, 1.82) is 0 Å². The highest BCUT2D eigenvalue weighted by Crippen LogP contribution is 2.41. The Morgan fingerprint density at radius 1 is 1.28 bits per heavy atom. The van der Waals surface area contributed by atoms with E-state index in [0.29, 0.717) is 5.78 Å². The summed E-state index contributed by atoms with van der Waals surface area (Å²) in [6.45, 7) is 3.97. The van der Waals surface area contributed by atoms with Crippen LogP contribution < -0.4 is 10.9 Å². The van der Waals surface area contributed by atoms with Gasteiger partial charge in [0.1, 0.15) is 5.69 Å². The molecule has 1 aliphatic heterocycles. The third-order valence-electron chi connectivity index (χ3n) is 5.75. The standard InChI is InChI=1S/C18H21N5OS/c1-11-20-9-14(25-11)13-10-23-16(24)15-12(21-17(23)22-13)3-2-4-18(15)5-7-19-8-6-18/h9-10,19H,2-8H2,1H3,(H,21,22). The van der Waals surface area contributed by atoms with Gasteiger partial charge in [-0.25, -0.2) is 9.97 Å². The van der Waals surface area contributed by atoms with Gasteiger partial charge in [0.25, 0.3) is 5.56 Å². The molecule has 0 radical (unpaired) electrons. The van der Waals surface area contributed by atoms with Crippen molar-refractivity contribution in [3.8, 4) is 10.6 Å². The molecule has 1 spiro atoms. The summed E-state index contributed by atoms with van der Waals surface area (Å²) in [6.07, 6.45) is 8.99. The summed E-state index contributed by atoms with van der Waals surface area (Å²) < 4.78 is 1.71. The van der Waals surface area contributed by atoms with Gasteiger partial charge in [-0.3, -0.25) is 9.20 Å². The Hall–Kier alpha value is -1.99. The monoisotopic (exact) mass is 355 g/mol. The first-order valence-electron chi connectivity index (χ1n) is 8.95. The molecule has 0 bridgehead atoms. The largest absolute Gasteiger partial charge is 0.328 e. The van der Waals surface area contributed by atoms with Crippen molar-refractivity contribution in [3.05, 3.63) is 39.0 Å². The molecule has 1 saturated heterocycles. The van der Waals surface area contributed by atoms with Gasteiger partial charge >= 0.3 is 0 Å². The van der Waals surface area contributed by atoms with Gasteiger partial charge in [-0.15, -0.1) is 11.3 Å². The fourth-order valence-corrected chi connectivity index (χ4v) is 5.27. The predicted molar refractivity (Wildman–Crippen MR) is 98.4 cm³/mol. The number of H-pyrrole nitrogens is 1. The number of rotatable bonds is 1. The molecule has 2 N–H and O–H groups in total. The fourth-order valence-electron chi connectivity index (χ4n) is 4.54. The van der Waals surface area contributed by atoms with E-state index in [4.69, 9.17) is 0 Å². The average Bonchev–Trinajstić information content (AvgIpc) is 3.22. The lowest BCUT2D eigenvalue weighted by Gasteiger charge is -2.41. The zero-order chi connectivity index (χ0) is 17.0. The molecule has 5 rings (SSSR count). The number of imidazole rings is 1. The summed E-state index contributed by atoms with van der Waals surface area (Å²) in [5.74, 6) is 0.649. The van der Waals surface area contributed by atoms with Gasteiger partial charge in [0.15, 0.2) is 0 Å². The summed E-state index contributed by atoms with van der Waals surface area (Å²) in [7, 11) is 0. The number of nitrogens with zero attached hydrogens (tertiary/aromatic N) is 3. The molecular weight excluding hydrogens is 334 g/mol. The smallest absolute Gasteiger partial charge is 0.263 e. The van der Waals surface area contributed by atoms with Crippen LogP contribution in [0.5, 0.6) is 0 Å². The van der Waals surface area contributed by atoms with Crippen LogP contribution >= 0.6 is 11.3 Å². The second-order valence-electron chi connectivity index (χ2n) is 7.23. The van der Waals surface area contributed by atoms with Crippen molar-refractivity contribution in [2.75, 3.05) is 13.1 Å². The number of aryl methyl sites for hydroxylation is 2. The number of nitrogens with one attached hydrogen (secondary N) is 2. The van der Waals surface area contributed by atoms with Gasteiger partial charge in [-0.2, -0.15) is 0 Å². The van der Waals surface area contributed by atoms with E-state index in [-0.39, 0.29) is 11.0 Å². The molecule has 25 heavy (non-hydrogen) atoms. The van der Waals surface area contributed by atoms with E-state index < -0.39 is 0 Å². The van der Waals surface area contributed by atoms with Gasteiger partial charge in [0.2, 0.25) is 5.78 Å². The highest BCUT2D eigenvalue weighted by molar-refractivity contribution is 7.15. The molecule has 0 atom stereocenters. The number of piperidine rings is 1. The Morgan fingerprint density at radius 2 is 2.12 bits per heavy atom. The van der Waals surface area contributed by atoms with Gasteiger partial charge in [-0.1, -0.05) is 0 Å². The minimum Gasteiger partial charge on any atom is -0.328 e. The van der Waals surface area contributed by atoms with Crippen LogP contribution in [0.2, 0.25) is 0 Å². The molecular formula is C18H21N5OS. The molecule has 4 heterocycles. The average molecular weight is 355 g/mol. The summed E-state index contributed by atoms with van der Waals surface area (Å²) in [5.41, 5.74) is 3.08. The molecule has 130 valence electrons. The minimum absolute atomic E-state index is 0.0338. The highest BCUT2D eigenvalue weighted by Gasteiger charge is 2.40. The molecule has 3 aromatic rings. The molecule has 1 aliphatic carbocycles. The van der Waals surface area contributed by atoms with Crippen molar-refractivity contribution in [1.82, 2.24) is 24.7 Å². The number of hydrogen-bond acceptors (Lipinski definition) is 5. The van der Waals surface area contributed by atoms with E-state index in [1.54, 1.807) is 15.7 Å². The summed E-state index contributed by atoms with van der Waals surface area (Å²) in [4.78, 5) is 26.8. The van der Waals surface area contributed by atoms with Crippen LogP contribution in [0.3, 0.4) is 0 Å². The van der Waals surface area contributed by atoms with E-state index in [0.717, 1.165) is 72.0 Å². The maximum absolute atomic E-state index is 13.4. The Morgan fingerprint density at radius 3 is 2.88 bits per heavy atom. The predicted octanol–water partition coefficient (Wildman–Crippen LogP) is 2.41. The number of aromatic amines is 1. The Balaban J connectivity index is 1.72. The third-order valence-corrected chi connectivity index (χ3v) is 6.69. The lowest BCUT2D eigenvalue weighted by atomic mass is 9.66. The van der Waals surface area contributed by atoms with Crippen molar-refractivity contribution in [2.24, 2.45) is 0 Å². The zero-order valence-electron chi connectivity index (χ0n) is 14.3. The quantitative estimate of drug-likeness (QED) is 0.703. The molecule has 3 aromatic heterocycles. The molecule has 6 nitrogen and oxygen atoms in total. The van der Waals surface area contributed by atoms with E-state index >= 15 is 0 Å². The third kappa shape index (κ3) is 2.29. The summed E-state index contributed by atoms with van der Waals surface area (Å²) >= 11 is 1.60. The lowest BCUT2D eigenvalue weighted by molar-refractivity contribution is 0.263. The van der Waals surface area contributed by atoms with Crippen LogP contribution in [0, 0.1) is 6.92 Å². The van der Waals surface area contributed by atoms with E-state index in [2.05, 4.69) is 20.3 Å². The van der Waals surface area contributed by atoms with E-state index in [1.165, 1.54) is 0 Å². The van der Waals surface area contributed by atoms with Crippen LogP contribution in [0.4, 0.5) is 0 Å². The maximum atomic E-state index is 13.4. The first kappa shape index (κ1) is 15.3. The Bertz CT molecular complexity index is 1010. The van der Waals surface area contributed by atoms with Gasteiger partial charge in [0, 0.05) is 29.1 Å². The van der Waals surface area contributed by atoms with Crippen LogP contribution in [0.1, 0.15) is 41.9 Å². The lowest BCUT2D eigenvalue weighted by Crippen LogP contribution is -2.46.